The van der Waals surface area contributed by atoms with Crippen LogP contribution in [0, 0.1) is 0 Å². The number of likely N-dealkylation sites (N-methyl/N-ethyl adjacent to an activating group) is 1. The molecule has 0 saturated carbocycles. The summed E-state index contributed by atoms with van der Waals surface area (Å²) < 4.78 is 27.4. The molecule has 120 valence electrons. The number of nitrogens with one attached hydrogen (secondary N) is 1. The van der Waals surface area contributed by atoms with E-state index >= 15 is 0 Å². The van der Waals surface area contributed by atoms with Crippen molar-refractivity contribution in [2.75, 3.05) is 20.1 Å². The van der Waals surface area contributed by atoms with E-state index in [0.29, 0.717) is 17.3 Å². The first-order valence-corrected chi connectivity index (χ1v) is 9.62. The molecule has 0 fully saturated rings. The fourth-order valence-electron chi connectivity index (χ4n) is 2.11. The quantitative estimate of drug-likeness (QED) is 0.805. The van der Waals surface area contributed by atoms with Gasteiger partial charge in [0.05, 0.1) is 0 Å². The van der Waals surface area contributed by atoms with Crippen molar-refractivity contribution in [1.82, 2.24) is 9.62 Å². The molecular formula is C16H22N2O2S2. The summed E-state index contributed by atoms with van der Waals surface area (Å²) in [5, 5.41) is 0. The van der Waals surface area contributed by atoms with Crippen LogP contribution in [0.1, 0.15) is 17.4 Å². The molecule has 2 aromatic rings. The molecule has 0 unspecified atom stereocenters. The lowest BCUT2D eigenvalue weighted by Gasteiger charge is -2.16. The van der Waals surface area contributed by atoms with E-state index in [4.69, 9.17) is 0 Å². The summed E-state index contributed by atoms with van der Waals surface area (Å²) in [5.41, 5.74) is 1.22. The van der Waals surface area contributed by atoms with Crippen LogP contribution in [0.4, 0.5) is 0 Å². The average molecular weight is 338 g/mol. The zero-order valence-electron chi connectivity index (χ0n) is 13.0. The monoisotopic (exact) mass is 338 g/mol. The van der Waals surface area contributed by atoms with E-state index in [0.717, 1.165) is 17.8 Å². The Balaban J connectivity index is 1.82. The maximum atomic E-state index is 12.2. The third-order valence-corrected chi connectivity index (χ3v) is 6.51. The third-order valence-electron chi connectivity index (χ3n) is 3.33. The van der Waals surface area contributed by atoms with Crippen LogP contribution in [0.15, 0.2) is 46.7 Å². The fourth-order valence-corrected chi connectivity index (χ4v) is 4.47. The second-order valence-electron chi connectivity index (χ2n) is 5.20. The van der Waals surface area contributed by atoms with Crippen molar-refractivity contribution < 1.29 is 8.42 Å². The Hall–Kier alpha value is -1.21. The lowest BCUT2D eigenvalue weighted by Crippen LogP contribution is -2.32. The minimum atomic E-state index is -3.38. The molecule has 4 nitrogen and oxygen atoms in total. The first kappa shape index (κ1) is 17.1. The molecule has 6 heteroatoms. The van der Waals surface area contributed by atoms with Gasteiger partial charge in [0.2, 0.25) is 10.0 Å². The first-order chi connectivity index (χ1) is 10.5. The van der Waals surface area contributed by atoms with Crippen molar-refractivity contribution >= 4 is 21.4 Å². The standard InChI is InChI=1S/C16H22N2O2S2/c1-3-15-9-10-16(21-15)22(19,20)17-11-12-18(2)13-14-7-5-4-6-8-14/h4-10,17H,3,11-13H2,1-2H3. The maximum Gasteiger partial charge on any atom is 0.250 e. The molecule has 0 radical (unpaired) electrons. The second-order valence-corrected chi connectivity index (χ2v) is 8.36. The molecular weight excluding hydrogens is 316 g/mol. The minimum Gasteiger partial charge on any atom is -0.301 e. The normalized spacial score (nSPS) is 12.0. The lowest BCUT2D eigenvalue weighted by molar-refractivity contribution is 0.332. The van der Waals surface area contributed by atoms with Crippen LogP contribution in [0.25, 0.3) is 0 Å². The lowest BCUT2D eigenvalue weighted by atomic mass is 10.2. The highest BCUT2D eigenvalue weighted by molar-refractivity contribution is 7.91. The van der Waals surface area contributed by atoms with Crippen LogP contribution in [-0.4, -0.2) is 33.5 Å². The van der Waals surface area contributed by atoms with E-state index in [2.05, 4.69) is 21.8 Å². The summed E-state index contributed by atoms with van der Waals surface area (Å²) >= 11 is 1.34. The molecule has 0 saturated heterocycles. The van der Waals surface area contributed by atoms with Crippen molar-refractivity contribution in [1.29, 1.82) is 0 Å². The molecule has 0 amide bonds. The van der Waals surface area contributed by atoms with Gasteiger partial charge in [-0.1, -0.05) is 37.3 Å². The predicted octanol–water partition coefficient (Wildman–Crippen LogP) is 2.72. The van der Waals surface area contributed by atoms with Crippen LogP contribution in [0.5, 0.6) is 0 Å². The number of hydrogen-bond acceptors (Lipinski definition) is 4. The van der Waals surface area contributed by atoms with Crippen molar-refractivity contribution in [3.63, 3.8) is 0 Å². The van der Waals surface area contributed by atoms with Crippen LogP contribution < -0.4 is 4.72 Å². The number of benzene rings is 1. The van der Waals surface area contributed by atoms with Crippen LogP contribution in [0.2, 0.25) is 0 Å². The van der Waals surface area contributed by atoms with Crippen LogP contribution in [-0.2, 0) is 23.0 Å². The Morgan fingerprint density at radius 2 is 1.86 bits per heavy atom. The average Bonchev–Trinajstić information content (AvgIpc) is 2.98. The first-order valence-electron chi connectivity index (χ1n) is 7.32. The number of rotatable bonds is 8. The Morgan fingerprint density at radius 3 is 2.50 bits per heavy atom. The van der Waals surface area contributed by atoms with Gasteiger partial charge in [-0.15, -0.1) is 11.3 Å². The second kappa shape index (κ2) is 7.87. The zero-order chi connectivity index (χ0) is 16.0. The molecule has 0 aliphatic rings. The molecule has 1 aromatic heterocycles. The van der Waals surface area contributed by atoms with Gasteiger partial charge in [0.25, 0.3) is 0 Å². The number of sulfonamides is 1. The van der Waals surface area contributed by atoms with Gasteiger partial charge in [-0.05, 0) is 31.2 Å². The largest absolute Gasteiger partial charge is 0.301 e. The van der Waals surface area contributed by atoms with Crippen LogP contribution >= 0.6 is 11.3 Å². The fraction of sp³-hybridized carbons (Fsp3) is 0.375. The van der Waals surface area contributed by atoms with Gasteiger partial charge >= 0.3 is 0 Å². The van der Waals surface area contributed by atoms with Crippen molar-refractivity contribution in [3.05, 3.63) is 52.9 Å². The third kappa shape index (κ3) is 4.91. The highest BCUT2D eigenvalue weighted by Gasteiger charge is 2.16. The van der Waals surface area contributed by atoms with Crippen LogP contribution in [0.3, 0.4) is 0 Å². The summed E-state index contributed by atoms with van der Waals surface area (Å²) in [6.07, 6.45) is 0.861. The van der Waals surface area contributed by atoms with Gasteiger partial charge < -0.3 is 4.90 Å². The topological polar surface area (TPSA) is 49.4 Å². The zero-order valence-corrected chi connectivity index (χ0v) is 14.6. The Labute approximate surface area is 136 Å². The SMILES string of the molecule is CCc1ccc(S(=O)(=O)NCCN(C)Cc2ccccc2)s1. The van der Waals surface area contributed by atoms with Gasteiger partial charge in [0, 0.05) is 24.5 Å². The molecule has 1 N–H and O–H groups in total. The van der Waals surface area contributed by atoms with E-state index in [1.54, 1.807) is 6.07 Å². The molecule has 22 heavy (non-hydrogen) atoms. The van der Waals surface area contributed by atoms with E-state index < -0.39 is 10.0 Å². The smallest absolute Gasteiger partial charge is 0.250 e. The summed E-state index contributed by atoms with van der Waals surface area (Å²) in [7, 11) is -1.39. The Morgan fingerprint density at radius 1 is 1.14 bits per heavy atom. The molecule has 2 rings (SSSR count). The van der Waals surface area contributed by atoms with Gasteiger partial charge in [-0.25, -0.2) is 13.1 Å². The van der Waals surface area contributed by atoms with Crippen molar-refractivity contribution in [3.8, 4) is 0 Å². The van der Waals surface area contributed by atoms with E-state index in [9.17, 15) is 8.42 Å². The van der Waals surface area contributed by atoms with Gasteiger partial charge in [-0.3, -0.25) is 0 Å². The Kier molecular flexibility index (Phi) is 6.14. The van der Waals surface area contributed by atoms with Gasteiger partial charge in [0.1, 0.15) is 4.21 Å². The highest BCUT2D eigenvalue weighted by Crippen LogP contribution is 2.21. The van der Waals surface area contributed by atoms with E-state index in [-0.39, 0.29) is 0 Å². The maximum absolute atomic E-state index is 12.2. The number of thiophene rings is 1. The number of hydrogen-bond donors (Lipinski definition) is 1. The molecule has 0 aliphatic heterocycles. The molecule has 0 bridgehead atoms. The van der Waals surface area contributed by atoms with Crippen molar-refractivity contribution in [2.45, 2.75) is 24.1 Å². The molecule has 0 atom stereocenters. The highest BCUT2D eigenvalue weighted by atomic mass is 32.2. The summed E-state index contributed by atoms with van der Waals surface area (Å²) in [4.78, 5) is 3.19. The molecule has 0 aliphatic carbocycles. The Bertz CT molecular complexity index is 681. The van der Waals surface area contributed by atoms with E-state index in [1.165, 1.54) is 16.9 Å². The van der Waals surface area contributed by atoms with E-state index in [1.807, 2.05) is 38.2 Å². The molecule has 1 aromatic carbocycles. The van der Waals surface area contributed by atoms with Gasteiger partial charge in [0.15, 0.2) is 0 Å². The van der Waals surface area contributed by atoms with Gasteiger partial charge in [-0.2, -0.15) is 0 Å². The summed E-state index contributed by atoms with van der Waals surface area (Å²) in [6.45, 7) is 3.90. The number of nitrogens with zero attached hydrogens (tertiary/aromatic N) is 1. The summed E-state index contributed by atoms with van der Waals surface area (Å²) in [6, 6.07) is 13.7. The molecule has 0 spiro atoms. The number of aryl methyl sites for hydroxylation is 1. The summed E-state index contributed by atoms with van der Waals surface area (Å²) in [5.74, 6) is 0. The minimum absolute atomic E-state index is 0.398. The predicted molar refractivity (Wildman–Crippen MR) is 91.7 cm³/mol. The van der Waals surface area contributed by atoms with Crippen molar-refractivity contribution in [2.24, 2.45) is 0 Å². The molecule has 1 heterocycles.